The predicted molar refractivity (Wildman–Crippen MR) is 73.8 cm³/mol. The van der Waals surface area contributed by atoms with Gasteiger partial charge in [-0.25, -0.2) is 0 Å². The molecule has 0 aliphatic heterocycles. The van der Waals surface area contributed by atoms with Gasteiger partial charge in [0.2, 0.25) is 0 Å². The first kappa shape index (κ1) is 12.9. The van der Waals surface area contributed by atoms with Crippen molar-refractivity contribution in [3.8, 4) is 11.4 Å². The van der Waals surface area contributed by atoms with Gasteiger partial charge in [0.25, 0.3) is 0 Å². The Labute approximate surface area is 118 Å². The van der Waals surface area contributed by atoms with Crippen LogP contribution in [0.3, 0.4) is 0 Å². The molecular weight excluding hydrogens is 325 g/mol. The lowest BCUT2D eigenvalue weighted by Crippen LogP contribution is -2.01. The van der Waals surface area contributed by atoms with Crippen LogP contribution in [0.25, 0.3) is 11.4 Å². The highest BCUT2D eigenvalue weighted by atomic mass is 79.9. The standard InChI is InChI=1S/C11H10BrCl2N3/c1-2-17-10(6-12)15-16-11(17)7-3-8(13)5-9(14)4-7/h3-5H,2,6H2,1H3. The third-order valence-electron chi connectivity index (χ3n) is 2.38. The Morgan fingerprint density at radius 1 is 1.18 bits per heavy atom. The minimum Gasteiger partial charge on any atom is -0.311 e. The number of hydrogen-bond donors (Lipinski definition) is 0. The first-order valence-electron chi connectivity index (χ1n) is 5.10. The van der Waals surface area contributed by atoms with Gasteiger partial charge in [0.05, 0.1) is 5.33 Å². The van der Waals surface area contributed by atoms with Gasteiger partial charge in [0.1, 0.15) is 5.82 Å². The lowest BCUT2D eigenvalue weighted by Gasteiger charge is -2.06. The number of aromatic nitrogens is 3. The van der Waals surface area contributed by atoms with Crippen molar-refractivity contribution in [1.29, 1.82) is 0 Å². The van der Waals surface area contributed by atoms with Crippen molar-refractivity contribution in [3.63, 3.8) is 0 Å². The molecule has 1 aromatic carbocycles. The molecule has 0 unspecified atom stereocenters. The van der Waals surface area contributed by atoms with Gasteiger partial charge in [-0.05, 0) is 25.1 Å². The Bertz CT molecular complexity index is 519. The molecule has 0 fully saturated rings. The van der Waals surface area contributed by atoms with Crippen LogP contribution in [-0.4, -0.2) is 14.8 Å². The van der Waals surface area contributed by atoms with Gasteiger partial charge in [-0.2, -0.15) is 0 Å². The number of nitrogens with zero attached hydrogens (tertiary/aromatic N) is 3. The quantitative estimate of drug-likeness (QED) is 0.789. The maximum Gasteiger partial charge on any atom is 0.164 e. The number of rotatable bonds is 3. The van der Waals surface area contributed by atoms with E-state index in [9.17, 15) is 0 Å². The van der Waals surface area contributed by atoms with Gasteiger partial charge in [-0.3, -0.25) is 0 Å². The van der Waals surface area contributed by atoms with Crippen LogP contribution in [0.4, 0.5) is 0 Å². The van der Waals surface area contributed by atoms with Crippen molar-refractivity contribution < 1.29 is 0 Å². The normalized spacial score (nSPS) is 10.8. The summed E-state index contributed by atoms with van der Waals surface area (Å²) in [5.74, 6) is 1.67. The van der Waals surface area contributed by atoms with Crippen molar-refractivity contribution in [1.82, 2.24) is 14.8 Å². The predicted octanol–water partition coefficient (Wildman–Crippen LogP) is 4.17. The molecule has 0 saturated heterocycles. The number of halogens is 3. The maximum atomic E-state index is 5.99. The lowest BCUT2D eigenvalue weighted by molar-refractivity contribution is 0.733. The first-order chi connectivity index (χ1) is 8.15. The van der Waals surface area contributed by atoms with Crippen LogP contribution in [0, 0.1) is 0 Å². The summed E-state index contributed by atoms with van der Waals surface area (Å²) in [7, 11) is 0. The topological polar surface area (TPSA) is 30.7 Å². The van der Waals surface area contributed by atoms with E-state index >= 15 is 0 Å². The zero-order valence-corrected chi connectivity index (χ0v) is 12.2. The van der Waals surface area contributed by atoms with E-state index in [0.29, 0.717) is 15.4 Å². The van der Waals surface area contributed by atoms with Crippen LogP contribution in [0.2, 0.25) is 10.0 Å². The van der Waals surface area contributed by atoms with Crippen molar-refractivity contribution in [3.05, 3.63) is 34.1 Å². The minimum atomic E-state index is 0.596. The average molecular weight is 335 g/mol. The van der Waals surface area contributed by atoms with Crippen LogP contribution >= 0.6 is 39.1 Å². The Morgan fingerprint density at radius 3 is 2.35 bits per heavy atom. The summed E-state index contributed by atoms with van der Waals surface area (Å²) in [6, 6.07) is 5.37. The lowest BCUT2D eigenvalue weighted by atomic mass is 10.2. The molecule has 0 atom stereocenters. The van der Waals surface area contributed by atoms with Crippen LogP contribution in [-0.2, 0) is 11.9 Å². The molecule has 0 bridgehead atoms. The zero-order valence-electron chi connectivity index (χ0n) is 9.12. The fourth-order valence-corrected chi connectivity index (χ4v) is 2.60. The van der Waals surface area contributed by atoms with Gasteiger partial charge in [0, 0.05) is 22.2 Å². The van der Waals surface area contributed by atoms with Gasteiger partial charge >= 0.3 is 0 Å². The van der Waals surface area contributed by atoms with E-state index in [1.54, 1.807) is 6.07 Å². The Hall–Kier alpha value is -0.580. The molecular formula is C11H10BrCl2N3. The second-order valence-electron chi connectivity index (χ2n) is 3.48. The van der Waals surface area contributed by atoms with Gasteiger partial charge in [-0.1, -0.05) is 39.1 Å². The summed E-state index contributed by atoms with van der Waals surface area (Å²) in [5.41, 5.74) is 0.879. The smallest absolute Gasteiger partial charge is 0.164 e. The summed E-state index contributed by atoms with van der Waals surface area (Å²) in [6.07, 6.45) is 0. The summed E-state index contributed by atoms with van der Waals surface area (Å²) in [6.45, 7) is 2.85. The van der Waals surface area contributed by atoms with Gasteiger partial charge < -0.3 is 4.57 Å². The van der Waals surface area contributed by atoms with Gasteiger partial charge in [-0.15, -0.1) is 10.2 Å². The molecule has 0 amide bonds. The fraction of sp³-hybridized carbons (Fsp3) is 0.273. The Balaban J connectivity index is 2.55. The van der Waals surface area contributed by atoms with Gasteiger partial charge in [0.15, 0.2) is 5.82 Å². The molecule has 1 heterocycles. The van der Waals surface area contributed by atoms with E-state index in [1.165, 1.54) is 0 Å². The highest BCUT2D eigenvalue weighted by Gasteiger charge is 2.12. The summed E-state index contributed by atoms with van der Waals surface area (Å²) in [5, 5.41) is 10.2. The molecule has 6 heteroatoms. The summed E-state index contributed by atoms with van der Waals surface area (Å²) in [4.78, 5) is 0. The third-order valence-corrected chi connectivity index (χ3v) is 3.32. The molecule has 0 spiro atoms. The summed E-state index contributed by atoms with van der Waals surface area (Å²) < 4.78 is 2.02. The molecule has 2 rings (SSSR count). The number of alkyl halides is 1. The van der Waals surface area contributed by atoms with Crippen molar-refractivity contribution in [2.45, 2.75) is 18.8 Å². The molecule has 0 N–H and O–H groups in total. The largest absolute Gasteiger partial charge is 0.311 e. The van der Waals surface area contributed by atoms with E-state index in [-0.39, 0.29) is 0 Å². The van der Waals surface area contributed by atoms with Crippen LogP contribution in [0.5, 0.6) is 0 Å². The van der Waals surface area contributed by atoms with E-state index in [1.807, 2.05) is 23.6 Å². The summed E-state index contributed by atoms with van der Waals surface area (Å²) >= 11 is 15.4. The first-order valence-corrected chi connectivity index (χ1v) is 6.98. The minimum absolute atomic E-state index is 0.596. The molecule has 90 valence electrons. The van der Waals surface area contributed by atoms with Crippen molar-refractivity contribution >= 4 is 39.1 Å². The van der Waals surface area contributed by atoms with Crippen molar-refractivity contribution in [2.24, 2.45) is 0 Å². The second kappa shape index (κ2) is 5.38. The molecule has 0 saturated carbocycles. The highest BCUT2D eigenvalue weighted by molar-refractivity contribution is 9.08. The molecule has 2 aromatic rings. The van der Waals surface area contributed by atoms with Crippen molar-refractivity contribution in [2.75, 3.05) is 0 Å². The SMILES string of the molecule is CCn1c(CBr)nnc1-c1cc(Cl)cc(Cl)c1. The fourth-order valence-electron chi connectivity index (χ4n) is 1.66. The van der Waals surface area contributed by atoms with E-state index in [4.69, 9.17) is 23.2 Å². The second-order valence-corrected chi connectivity index (χ2v) is 4.91. The van der Waals surface area contributed by atoms with E-state index in [0.717, 1.165) is 23.8 Å². The van der Waals surface area contributed by atoms with Crippen LogP contribution < -0.4 is 0 Å². The molecule has 1 aromatic heterocycles. The Morgan fingerprint density at radius 2 is 1.82 bits per heavy atom. The molecule has 0 aliphatic rings. The molecule has 0 aliphatic carbocycles. The zero-order chi connectivity index (χ0) is 12.4. The highest BCUT2D eigenvalue weighted by Crippen LogP contribution is 2.26. The average Bonchev–Trinajstić information content (AvgIpc) is 2.70. The van der Waals surface area contributed by atoms with Crippen LogP contribution in [0.15, 0.2) is 18.2 Å². The van der Waals surface area contributed by atoms with E-state index in [2.05, 4.69) is 26.1 Å². The monoisotopic (exact) mass is 333 g/mol. The molecule has 17 heavy (non-hydrogen) atoms. The van der Waals surface area contributed by atoms with Crippen LogP contribution in [0.1, 0.15) is 12.7 Å². The number of hydrogen-bond acceptors (Lipinski definition) is 2. The maximum absolute atomic E-state index is 5.99. The third kappa shape index (κ3) is 2.64. The number of benzene rings is 1. The Kier molecular flexibility index (Phi) is 4.07. The molecule has 3 nitrogen and oxygen atoms in total. The van der Waals surface area contributed by atoms with E-state index < -0.39 is 0 Å². The molecule has 0 radical (unpaired) electrons.